The first-order chi connectivity index (χ1) is 11.3. The van der Waals surface area contributed by atoms with Crippen LogP contribution in [-0.4, -0.2) is 32.6 Å². The quantitative estimate of drug-likeness (QED) is 0.384. The van der Waals surface area contributed by atoms with Crippen molar-refractivity contribution in [2.24, 2.45) is 11.6 Å². The molecule has 5 N–H and O–H groups in total. The molecule has 9 nitrogen and oxygen atoms in total. The van der Waals surface area contributed by atoms with Gasteiger partial charge >= 0.3 is 0 Å². The van der Waals surface area contributed by atoms with E-state index in [2.05, 4.69) is 19.7 Å². The number of aromatic nitrogens is 3. The highest BCUT2D eigenvalue weighted by Gasteiger charge is 2.18. The summed E-state index contributed by atoms with van der Waals surface area (Å²) in [6, 6.07) is 1.27. The van der Waals surface area contributed by atoms with Gasteiger partial charge in [-0.3, -0.25) is 9.80 Å². The number of carbonyl (C=O) groups is 2. The van der Waals surface area contributed by atoms with Gasteiger partial charge in [0.15, 0.2) is 17.3 Å². The predicted molar refractivity (Wildman–Crippen MR) is 92.2 cm³/mol. The summed E-state index contributed by atoms with van der Waals surface area (Å²) in [5.74, 6) is 5.77. The Kier molecular flexibility index (Phi) is 5.42. The molecule has 1 atom stereocenters. The second kappa shape index (κ2) is 7.32. The van der Waals surface area contributed by atoms with Crippen molar-refractivity contribution in [1.29, 1.82) is 0 Å². The van der Waals surface area contributed by atoms with Crippen LogP contribution in [0.3, 0.4) is 0 Å². The second-order valence-corrected chi connectivity index (χ2v) is 6.27. The third-order valence-electron chi connectivity index (χ3n) is 3.25. The van der Waals surface area contributed by atoms with Crippen molar-refractivity contribution in [3.8, 4) is 0 Å². The number of hydrogen-bond donors (Lipinski definition) is 3. The SMILES string of the molecule is CC(C)c1cc(Nc2nc(N(N)C(C)C=O)cnc2C(N)=O)sn1. The fraction of sp³-hybridized carbons (Fsp3) is 0.357. The number of carbonyl (C=O) groups excluding carboxylic acids is 2. The van der Waals surface area contributed by atoms with Crippen LogP contribution in [0.2, 0.25) is 0 Å². The number of hydrogen-bond acceptors (Lipinski definition) is 9. The van der Waals surface area contributed by atoms with Gasteiger partial charge in [0.05, 0.1) is 17.9 Å². The van der Waals surface area contributed by atoms with Crippen LogP contribution in [0.1, 0.15) is 42.9 Å². The molecule has 1 amide bonds. The Labute approximate surface area is 143 Å². The summed E-state index contributed by atoms with van der Waals surface area (Å²) in [5, 5.41) is 4.84. The fourth-order valence-corrected chi connectivity index (χ4v) is 2.57. The number of amides is 1. The van der Waals surface area contributed by atoms with Crippen molar-refractivity contribution in [2.75, 3.05) is 10.3 Å². The molecule has 0 fully saturated rings. The standard InChI is InChI=1S/C14H19N7O2S/c1-7(2)9-4-11(24-20-9)19-14-12(13(15)23)17-5-10(18-14)21(16)8(3)6-22/h4-8H,16H2,1-3H3,(H2,15,23)(H,18,19). The molecule has 0 saturated heterocycles. The van der Waals surface area contributed by atoms with E-state index in [9.17, 15) is 9.59 Å². The van der Waals surface area contributed by atoms with Crippen LogP contribution < -0.4 is 21.9 Å². The van der Waals surface area contributed by atoms with Crippen LogP contribution in [0.5, 0.6) is 0 Å². The van der Waals surface area contributed by atoms with Crippen molar-refractivity contribution >= 4 is 40.4 Å². The minimum atomic E-state index is -0.725. The zero-order chi connectivity index (χ0) is 17.9. The van der Waals surface area contributed by atoms with Crippen LogP contribution in [-0.2, 0) is 4.79 Å². The van der Waals surface area contributed by atoms with Crippen molar-refractivity contribution in [2.45, 2.75) is 32.7 Å². The molecule has 0 saturated carbocycles. The van der Waals surface area contributed by atoms with Crippen LogP contribution >= 0.6 is 11.5 Å². The number of anilines is 3. The molecule has 0 aliphatic carbocycles. The zero-order valence-corrected chi connectivity index (χ0v) is 14.4. The molecule has 0 aliphatic heterocycles. The van der Waals surface area contributed by atoms with Crippen LogP contribution in [0, 0.1) is 0 Å². The summed E-state index contributed by atoms with van der Waals surface area (Å²) in [5.41, 5.74) is 6.24. The van der Waals surface area contributed by atoms with E-state index >= 15 is 0 Å². The van der Waals surface area contributed by atoms with Crippen molar-refractivity contribution in [3.63, 3.8) is 0 Å². The average Bonchev–Trinajstić information content (AvgIpc) is 3.01. The van der Waals surface area contributed by atoms with Gasteiger partial charge in [0.1, 0.15) is 11.3 Å². The Morgan fingerprint density at radius 1 is 1.42 bits per heavy atom. The summed E-state index contributed by atoms with van der Waals surface area (Å²) >= 11 is 1.24. The molecule has 0 bridgehead atoms. The normalized spacial score (nSPS) is 12.0. The molecule has 128 valence electrons. The van der Waals surface area contributed by atoms with E-state index in [1.807, 2.05) is 19.9 Å². The minimum absolute atomic E-state index is 0.0228. The molecular weight excluding hydrogens is 330 g/mol. The number of nitrogens with two attached hydrogens (primary N) is 2. The molecule has 0 aromatic carbocycles. The molecule has 2 aromatic rings. The van der Waals surface area contributed by atoms with Crippen LogP contribution in [0.25, 0.3) is 0 Å². The Bertz CT molecular complexity index is 746. The van der Waals surface area contributed by atoms with E-state index < -0.39 is 11.9 Å². The van der Waals surface area contributed by atoms with E-state index in [1.54, 1.807) is 6.92 Å². The van der Waals surface area contributed by atoms with Crippen molar-refractivity contribution < 1.29 is 9.59 Å². The molecule has 2 rings (SSSR count). The van der Waals surface area contributed by atoms with Crippen LogP contribution in [0.15, 0.2) is 12.3 Å². The number of primary amides is 1. The topological polar surface area (TPSA) is 140 Å². The molecule has 10 heteroatoms. The molecule has 0 aliphatic rings. The minimum Gasteiger partial charge on any atom is -0.364 e. The predicted octanol–water partition coefficient (Wildman–Crippen LogP) is 1.17. The lowest BCUT2D eigenvalue weighted by Crippen LogP contribution is -2.41. The Hall–Kier alpha value is -2.59. The van der Waals surface area contributed by atoms with E-state index in [1.165, 1.54) is 17.7 Å². The molecule has 2 aromatic heterocycles. The van der Waals surface area contributed by atoms with Gasteiger partial charge in [0.25, 0.3) is 5.91 Å². The van der Waals surface area contributed by atoms with Gasteiger partial charge in [0, 0.05) is 0 Å². The largest absolute Gasteiger partial charge is 0.364 e. The lowest BCUT2D eigenvalue weighted by atomic mass is 10.1. The van der Waals surface area contributed by atoms with Gasteiger partial charge in [-0.25, -0.2) is 15.8 Å². The fourth-order valence-electron chi connectivity index (χ4n) is 1.78. The second-order valence-electron chi connectivity index (χ2n) is 5.47. The molecule has 2 heterocycles. The molecular formula is C14H19N7O2S. The summed E-state index contributed by atoms with van der Waals surface area (Å²) in [6.45, 7) is 5.67. The van der Waals surface area contributed by atoms with Gasteiger partial charge in [-0.1, -0.05) is 13.8 Å². The summed E-state index contributed by atoms with van der Waals surface area (Å²) in [7, 11) is 0. The third-order valence-corrected chi connectivity index (χ3v) is 3.97. The smallest absolute Gasteiger partial charge is 0.271 e. The number of hydrazine groups is 1. The highest BCUT2D eigenvalue weighted by atomic mass is 32.1. The van der Waals surface area contributed by atoms with Crippen molar-refractivity contribution in [1.82, 2.24) is 14.3 Å². The highest BCUT2D eigenvalue weighted by Crippen LogP contribution is 2.26. The lowest BCUT2D eigenvalue weighted by molar-refractivity contribution is -0.108. The molecule has 24 heavy (non-hydrogen) atoms. The van der Waals surface area contributed by atoms with Gasteiger partial charge < -0.3 is 15.8 Å². The zero-order valence-electron chi connectivity index (χ0n) is 13.6. The molecule has 1 unspecified atom stereocenters. The maximum Gasteiger partial charge on any atom is 0.271 e. The average molecular weight is 349 g/mol. The Balaban J connectivity index is 2.37. The van der Waals surface area contributed by atoms with E-state index in [0.29, 0.717) is 11.3 Å². The Morgan fingerprint density at radius 2 is 2.12 bits per heavy atom. The summed E-state index contributed by atoms with van der Waals surface area (Å²) in [4.78, 5) is 30.7. The molecule has 0 spiro atoms. The van der Waals surface area contributed by atoms with E-state index in [0.717, 1.165) is 10.7 Å². The number of rotatable bonds is 7. The lowest BCUT2D eigenvalue weighted by Gasteiger charge is -2.21. The Morgan fingerprint density at radius 3 is 2.67 bits per heavy atom. The van der Waals surface area contributed by atoms with E-state index in [-0.39, 0.29) is 23.2 Å². The van der Waals surface area contributed by atoms with Crippen LogP contribution in [0.4, 0.5) is 16.6 Å². The number of nitrogens with zero attached hydrogens (tertiary/aromatic N) is 4. The highest BCUT2D eigenvalue weighted by molar-refractivity contribution is 7.10. The maximum absolute atomic E-state index is 11.6. The van der Waals surface area contributed by atoms with Gasteiger partial charge in [-0.05, 0) is 30.4 Å². The first-order valence-corrected chi connectivity index (χ1v) is 8.00. The number of nitrogens with one attached hydrogen (secondary N) is 1. The van der Waals surface area contributed by atoms with Gasteiger partial charge in [-0.2, -0.15) is 4.37 Å². The number of aldehydes is 1. The summed E-state index contributed by atoms with van der Waals surface area (Å²) in [6.07, 6.45) is 1.96. The van der Waals surface area contributed by atoms with Gasteiger partial charge in [-0.15, -0.1) is 0 Å². The molecule has 0 radical (unpaired) electrons. The van der Waals surface area contributed by atoms with Gasteiger partial charge in [0.2, 0.25) is 0 Å². The monoisotopic (exact) mass is 349 g/mol. The summed E-state index contributed by atoms with van der Waals surface area (Å²) < 4.78 is 4.32. The van der Waals surface area contributed by atoms with Crippen molar-refractivity contribution in [3.05, 3.63) is 23.7 Å². The maximum atomic E-state index is 11.6. The first kappa shape index (κ1) is 17.8. The third kappa shape index (κ3) is 3.84. The first-order valence-electron chi connectivity index (χ1n) is 7.23. The van der Waals surface area contributed by atoms with E-state index in [4.69, 9.17) is 11.6 Å².